The summed E-state index contributed by atoms with van der Waals surface area (Å²) < 4.78 is 31.9. The van der Waals surface area contributed by atoms with Gasteiger partial charge in [0.2, 0.25) is 5.89 Å². The van der Waals surface area contributed by atoms with Gasteiger partial charge in [-0.3, -0.25) is 4.90 Å². The number of benzene rings is 1. The lowest BCUT2D eigenvalue weighted by molar-refractivity contribution is 0.210. The van der Waals surface area contributed by atoms with E-state index in [9.17, 15) is 8.78 Å². The zero-order chi connectivity index (χ0) is 16.5. The second-order valence-electron chi connectivity index (χ2n) is 6.66. The maximum absolute atomic E-state index is 13.3. The molecule has 1 N–H and O–H groups in total. The van der Waals surface area contributed by atoms with E-state index in [4.69, 9.17) is 4.42 Å². The highest BCUT2D eigenvalue weighted by Gasteiger charge is 2.30. The van der Waals surface area contributed by atoms with E-state index < -0.39 is 11.6 Å². The van der Waals surface area contributed by atoms with Crippen LogP contribution in [0.25, 0.3) is 0 Å². The molecule has 1 aromatic heterocycles. The van der Waals surface area contributed by atoms with Crippen LogP contribution in [0, 0.1) is 11.6 Å². The fourth-order valence-corrected chi connectivity index (χ4v) is 3.09. The van der Waals surface area contributed by atoms with E-state index in [1.54, 1.807) is 6.07 Å². The number of nitrogens with zero attached hydrogens (tertiary/aromatic N) is 3. The zero-order valence-corrected chi connectivity index (χ0v) is 13.3. The molecule has 24 heavy (non-hydrogen) atoms. The molecule has 1 aromatic carbocycles. The number of piperidine rings is 1. The Bertz CT molecular complexity index is 708. The van der Waals surface area contributed by atoms with Gasteiger partial charge >= 0.3 is 6.01 Å². The lowest BCUT2D eigenvalue weighted by Crippen LogP contribution is -2.38. The molecule has 1 saturated heterocycles. The Labute approximate surface area is 139 Å². The van der Waals surface area contributed by atoms with Crippen LogP contribution in [0.5, 0.6) is 0 Å². The third-order valence-electron chi connectivity index (χ3n) is 4.67. The topological polar surface area (TPSA) is 54.2 Å². The van der Waals surface area contributed by atoms with E-state index in [0.717, 1.165) is 50.2 Å². The summed E-state index contributed by atoms with van der Waals surface area (Å²) >= 11 is 0. The normalized spacial score (nSPS) is 19.6. The summed E-state index contributed by atoms with van der Waals surface area (Å²) in [7, 11) is 0. The first-order valence-electron chi connectivity index (χ1n) is 8.43. The summed E-state index contributed by atoms with van der Waals surface area (Å²) in [5.41, 5.74) is 0.797. The van der Waals surface area contributed by atoms with Crippen LogP contribution in [0.4, 0.5) is 14.8 Å². The van der Waals surface area contributed by atoms with Gasteiger partial charge in [0.1, 0.15) is 0 Å². The Morgan fingerprint density at radius 2 is 1.88 bits per heavy atom. The van der Waals surface area contributed by atoms with Gasteiger partial charge in [-0.05, 0) is 43.4 Å². The van der Waals surface area contributed by atoms with E-state index in [2.05, 4.69) is 20.4 Å². The fraction of sp³-hybridized carbons (Fsp3) is 0.529. The molecule has 7 heteroatoms. The number of hydrogen-bond acceptors (Lipinski definition) is 5. The Balaban J connectivity index is 1.27. The molecule has 2 aromatic rings. The number of hydrogen-bond donors (Lipinski definition) is 1. The summed E-state index contributed by atoms with van der Waals surface area (Å²) in [4.78, 5) is 2.24. The number of likely N-dealkylation sites (tertiary alicyclic amines) is 1. The standard InChI is InChI=1S/C17H20F2N4O/c18-14-4-1-11(9-15(14)19)10-23-7-5-13(6-8-23)20-17-22-21-16(24-17)12-2-3-12/h1,4,9,12-13H,2-3,5-8,10H2,(H,20,22). The van der Waals surface area contributed by atoms with Crippen molar-refractivity contribution in [3.05, 3.63) is 41.3 Å². The second kappa shape index (κ2) is 6.47. The molecule has 1 aliphatic carbocycles. The summed E-state index contributed by atoms with van der Waals surface area (Å²) in [6, 6.07) is 4.92. The molecule has 4 rings (SSSR count). The van der Waals surface area contributed by atoms with Crippen molar-refractivity contribution >= 4 is 6.01 Å². The Morgan fingerprint density at radius 3 is 2.58 bits per heavy atom. The van der Waals surface area contributed by atoms with E-state index in [1.807, 2.05) is 0 Å². The van der Waals surface area contributed by atoms with Gasteiger partial charge in [0.05, 0.1) is 0 Å². The molecule has 0 amide bonds. The molecule has 5 nitrogen and oxygen atoms in total. The average Bonchev–Trinajstić information content (AvgIpc) is 3.33. The van der Waals surface area contributed by atoms with Crippen LogP contribution >= 0.6 is 0 Å². The first-order chi connectivity index (χ1) is 11.7. The van der Waals surface area contributed by atoms with Gasteiger partial charge in [-0.2, -0.15) is 0 Å². The molecule has 0 radical (unpaired) electrons. The highest BCUT2D eigenvalue weighted by molar-refractivity contribution is 5.22. The predicted octanol–water partition coefficient (Wildman–Crippen LogP) is 3.30. The highest BCUT2D eigenvalue weighted by atomic mass is 19.2. The number of rotatable bonds is 5. The van der Waals surface area contributed by atoms with Crippen molar-refractivity contribution in [3.8, 4) is 0 Å². The monoisotopic (exact) mass is 334 g/mol. The van der Waals surface area contributed by atoms with E-state index in [1.165, 1.54) is 12.1 Å². The third-order valence-corrected chi connectivity index (χ3v) is 4.67. The number of halogens is 2. The van der Waals surface area contributed by atoms with E-state index in [0.29, 0.717) is 24.5 Å². The molecule has 128 valence electrons. The maximum Gasteiger partial charge on any atom is 0.315 e. The molecule has 1 aliphatic heterocycles. The van der Waals surface area contributed by atoms with E-state index in [-0.39, 0.29) is 0 Å². The van der Waals surface area contributed by atoms with Gasteiger partial charge in [0, 0.05) is 31.6 Å². The summed E-state index contributed by atoms with van der Waals surface area (Å²) in [5, 5.41) is 11.4. The summed E-state index contributed by atoms with van der Waals surface area (Å²) in [6.07, 6.45) is 4.18. The van der Waals surface area contributed by atoms with Crippen molar-refractivity contribution in [2.45, 2.75) is 44.2 Å². The Hall–Kier alpha value is -2.02. The second-order valence-corrected chi connectivity index (χ2v) is 6.66. The molecule has 2 heterocycles. The van der Waals surface area contributed by atoms with Crippen LogP contribution in [0.1, 0.15) is 43.1 Å². The molecule has 2 fully saturated rings. The smallest absolute Gasteiger partial charge is 0.315 e. The van der Waals surface area contributed by atoms with Crippen molar-refractivity contribution < 1.29 is 13.2 Å². The maximum atomic E-state index is 13.3. The molecule has 1 saturated carbocycles. The largest absolute Gasteiger partial charge is 0.408 e. The van der Waals surface area contributed by atoms with Crippen molar-refractivity contribution in [2.24, 2.45) is 0 Å². The van der Waals surface area contributed by atoms with E-state index >= 15 is 0 Å². The fourth-order valence-electron chi connectivity index (χ4n) is 3.09. The number of anilines is 1. The van der Waals surface area contributed by atoms with Gasteiger partial charge in [-0.25, -0.2) is 8.78 Å². The number of nitrogens with one attached hydrogen (secondary N) is 1. The summed E-state index contributed by atoms with van der Waals surface area (Å²) in [5.74, 6) is -0.377. The van der Waals surface area contributed by atoms with Crippen LogP contribution in [0.15, 0.2) is 22.6 Å². The number of aromatic nitrogens is 2. The molecule has 0 bridgehead atoms. The van der Waals surface area contributed by atoms with Crippen LogP contribution in [0.3, 0.4) is 0 Å². The minimum absolute atomic E-state index is 0.304. The van der Waals surface area contributed by atoms with Crippen molar-refractivity contribution in [3.63, 3.8) is 0 Å². The van der Waals surface area contributed by atoms with Gasteiger partial charge in [0.25, 0.3) is 0 Å². The Kier molecular flexibility index (Phi) is 4.18. The molecule has 0 spiro atoms. The molecule has 2 aliphatic rings. The predicted molar refractivity (Wildman–Crippen MR) is 84.6 cm³/mol. The van der Waals surface area contributed by atoms with Gasteiger partial charge in [0.15, 0.2) is 11.6 Å². The minimum atomic E-state index is -0.799. The molecular formula is C17H20F2N4O. The SMILES string of the molecule is Fc1ccc(CN2CCC(Nc3nnc(C4CC4)o3)CC2)cc1F. The van der Waals surface area contributed by atoms with Crippen LogP contribution in [-0.4, -0.2) is 34.2 Å². The quantitative estimate of drug-likeness (QED) is 0.909. The van der Waals surface area contributed by atoms with Gasteiger partial charge in [-0.15, -0.1) is 5.10 Å². The van der Waals surface area contributed by atoms with Crippen LogP contribution in [-0.2, 0) is 6.54 Å². The van der Waals surface area contributed by atoms with Crippen molar-refractivity contribution in [1.82, 2.24) is 15.1 Å². The molecule has 0 unspecified atom stereocenters. The van der Waals surface area contributed by atoms with Crippen molar-refractivity contribution in [1.29, 1.82) is 0 Å². The zero-order valence-electron chi connectivity index (χ0n) is 13.3. The first-order valence-corrected chi connectivity index (χ1v) is 8.43. The van der Waals surface area contributed by atoms with Gasteiger partial charge < -0.3 is 9.73 Å². The lowest BCUT2D eigenvalue weighted by Gasteiger charge is -2.31. The van der Waals surface area contributed by atoms with Crippen LogP contribution < -0.4 is 5.32 Å². The minimum Gasteiger partial charge on any atom is -0.408 e. The Morgan fingerprint density at radius 1 is 1.08 bits per heavy atom. The molecular weight excluding hydrogens is 314 g/mol. The summed E-state index contributed by atoms with van der Waals surface area (Å²) in [6.45, 7) is 2.41. The van der Waals surface area contributed by atoms with Crippen molar-refractivity contribution in [2.75, 3.05) is 18.4 Å². The highest BCUT2D eigenvalue weighted by Crippen LogP contribution is 2.39. The lowest BCUT2D eigenvalue weighted by atomic mass is 10.0. The van der Waals surface area contributed by atoms with Gasteiger partial charge in [-0.1, -0.05) is 11.2 Å². The molecule has 0 atom stereocenters. The average molecular weight is 334 g/mol. The van der Waals surface area contributed by atoms with Crippen LogP contribution in [0.2, 0.25) is 0 Å². The third kappa shape index (κ3) is 3.56. The first kappa shape index (κ1) is 15.5.